The molecule has 4 nitrogen and oxygen atoms in total. The fraction of sp³-hybridized carbons (Fsp3) is 0.200. The van der Waals surface area contributed by atoms with Crippen LogP contribution < -0.4 is 0 Å². The van der Waals surface area contributed by atoms with Crippen LogP contribution in [0.2, 0.25) is 0 Å². The van der Waals surface area contributed by atoms with Gasteiger partial charge in [-0.3, -0.25) is 9.97 Å². The fourth-order valence-corrected chi connectivity index (χ4v) is 9.89. The van der Waals surface area contributed by atoms with Crippen LogP contribution in [0.25, 0.3) is 88.9 Å². The Morgan fingerprint density at radius 3 is 1.51 bits per heavy atom. The van der Waals surface area contributed by atoms with Crippen LogP contribution in [0, 0.1) is 19.0 Å². The van der Waals surface area contributed by atoms with Crippen molar-refractivity contribution < 1.29 is 24.2 Å². The molecule has 9 aromatic carbocycles. The largest absolute Gasteiger partial charge is 0.333 e. The number of benzene rings is 9. The molecule has 11 rings (SSSR count). The standard InChI is InChI=1S/C39H33N2.C26H27N2.Ir/c1-25(2)34-23-31(27-12-6-5-7-13-27)24-35(26(3)4)38(34)41-37-17-11-10-16-36(37)40-39(41)30-20-21-33-29(22-30)19-18-28-14-8-9-15-32(28)33;1-17(2)21-9-8-10-22(18(3)4)25(21)28-24-12-7-6-11-23(24)27-26(28)20-15-13-19(5)14-16-20;/h5-19,21-26H,1-4H3;6-15,17-18H,1-5H3;/q2*-1;/i;5D3;. The van der Waals surface area contributed by atoms with Crippen molar-refractivity contribution in [2.24, 2.45) is 0 Å². The monoisotopic (exact) mass is 1090 g/mol. The van der Waals surface area contributed by atoms with Gasteiger partial charge in [0.05, 0.1) is 33.7 Å². The molecule has 70 heavy (non-hydrogen) atoms. The van der Waals surface area contributed by atoms with E-state index in [0.717, 1.165) is 50.5 Å². The van der Waals surface area contributed by atoms with E-state index in [0.29, 0.717) is 23.7 Å². The second-order valence-corrected chi connectivity index (χ2v) is 19.4. The van der Waals surface area contributed by atoms with Crippen molar-refractivity contribution in [3.63, 3.8) is 0 Å². The van der Waals surface area contributed by atoms with Crippen molar-refractivity contribution in [3.05, 3.63) is 216 Å². The molecule has 2 aromatic heterocycles. The molecule has 2 heterocycles. The molecule has 0 saturated carbocycles. The van der Waals surface area contributed by atoms with Crippen LogP contribution in [0.5, 0.6) is 0 Å². The van der Waals surface area contributed by atoms with Gasteiger partial charge in [-0.2, -0.15) is 0 Å². The van der Waals surface area contributed by atoms with Gasteiger partial charge in [0.25, 0.3) is 0 Å². The summed E-state index contributed by atoms with van der Waals surface area (Å²) in [4.78, 5) is 10.2. The molecule has 0 unspecified atom stereocenters. The minimum absolute atomic E-state index is 0. The Morgan fingerprint density at radius 1 is 0.429 bits per heavy atom. The van der Waals surface area contributed by atoms with Crippen molar-refractivity contribution in [2.75, 3.05) is 0 Å². The third-order valence-corrected chi connectivity index (χ3v) is 13.4. The van der Waals surface area contributed by atoms with Gasteiger partial charge in [-0.25, -0.2) is 0 Å². The quantitative estimate of drug-likeness (QED) is 0.107. The third-order valence-electron chi connectivity index (χ3n) is 13.4. The number of aryl methyl sites for hydroxylation is 1. The average molecular weight is 1090 g/mol. The topological polar surface area (TPSA) is 35.6 Å². The Labute approximate surface area is 431 Å². The second kappa shape index (κ2) is 20.2. The van der Waals surface area contributed by atoms with Gasteiger partial charge in [0.2, 0.25) is 0 Å². The Bertz CT molecular complexity index is 3700. The molecule has 0 spiro atoms. The number of rotatable bonds is 9. The molecule has 0 aliphatic carbocycles. The van der Waals surface area contributed by atoms with Gasteiger partial charge in [0, 0.05) is 35.6 Å². The molecule has 0 bridgehead atoms. The molecule has 0 saturated heterocycles. The maximum absolute atomic E-state index is 7.66. The summed E-state index contributed by atoms with van der Waals surface area (Å²) in [5, 5.41) is 4.91. The Balaban J connectivity index is 0.000000185. The zero-order valence-corrected chi connectivity index (χ0v) is 43.6. The maximum Gasteiger partial charge on any atom is 0.0774 e. The van der Waals surface area contributed by atoms with E-state index >= 15 is 0 Å². The predicted molar refractivity (Wildman–Crippen MR) is 292 cm³/mol. The summed E-state index contributed by atoms with van der Waals surface area (Å²) in [6.07, 6.45) is 0. The Morgan fingerprint density at radius 2 is 0.943 bits per heavy atom. The molecule has 0 amide bonds. The zero-order chi connectivity index (χ0) is 50.4. The summed E-state index contributed by atoms with van der Waals surface area (Å²) in [5.74, 6) is 3.03. The number of para-hydroxylation sites is 5. The molecular formula is C65H60IrN4-2. The summed E-state index contributed by atoms with van der Waals surface area (Å²) in [7, 11) is 0. The zero-order valence-electron chi connectivity index (χ0n) is 44.2. The number of hydrogen-bond acceptors (Lipinski definition) is 2. The van der Waals surface area contributed by atoms with Crippen LogP contribution in [-0.2, 0) is 20.1 Å². The van der Waals surface area contributed by atoms with E-state index in [2.05, 4.69) is 216 Å². The van der Waals surface area contributed by atoms with Crippen LogP contribution in [-0.4, -0.2) is 19.1 Å². The normalized spacial score (nSPS) is 12.4. The van der Waals surface area contributed by atoms with Gasteiger partial charge in [0.15, 0.2) is 0 Å². The Kier molecular flexibility index (Phi) is 12.8. The van der Waals surface area contributed by atoms with Crippen LogP contribution in [0.15, 0.2) is 176 Å². The molecular weight excluding hydrogens is 1030 g/mol. The van der Waals surface area contributed by atoms with Crippen molar-refractivity contribution in [1.29, 1.82) is 0 Å². The molecule has 11 aromatic rings. The maximum atomic E-state index is 7.66. The summed E-state index contributed by atoms with van der Waals surface area (Å²) in [6, 6.07) is 67.8. The van der Waals surface area contributed by atoms with Crippen molar-refractivity contribution in [3.8, 4) is 45.3 Å². The van der Waals surface area contributed by atoms with E-state index < -0.39 is 6.85 Å². The molecule has 5 heteroatoms. The summed E-state index contributed by atoms with van der Waals surface area (Å²) < 4.78 is 27.6. The second-order valence-electron chi connectivity index (χ2n) is 19.4. The first-order valence-corrected chi connectivity index (χ1v) is 24.4. The molecule has 0 aliphatic heterocycles. The molecule has 0 atom stereocenters. The number of nitrogens with zero attached hydrogens (tertiary/aromatic N) is 4. The van der Waals surface area contributed by atoms with Crippen LogP contribution in [0.1, 0.15) is 111 Å². The molecule has 0 aliphatic rings. The van der Waals surface area contributed by atoms with E-state index in [1.54, 1.807) is 12.1 Å². The SMILES string of the molecule is CC(C)c1cc(-c2ccccc2)cc(C(C)C)c1-n1c(-c2[c-]cc3c(ccc4ccccc43)c2)nc2ccccc21.[2H]C([2H])([2H])c1c[c-]c(-c2nc3ccccc3n2-c2c(C(C)C)cccc2C(C)C)cc1.[Ir]. The van der Waals surface area contributed by atoms with E-state index in [4.69, 9.17) is 14.1 Å². The predicted octanol–water partition coefficient (Wildman–Crippen LogP) is 17.8. The minimum atomic E-state index is -2.15. The van der Waals surface area contributed by atoms with Gasteiger partial charge in [-0.05, 0) is 98.8 Å². The number of aromatic nitrogens is 4. The van der Waals surface area contributed by atoms with Gasteiger partial charge in [-0.15, -0.1) is 64.5 Å². The molecule has 351 valence electrons. The fourth-order valence-electron chi connectivity index (χ4n) is 9.89. The Hall–Kier alpha value is -6.91. The first-order valence-electron chi connectivity index (χ1n) is 25.9. The van der Waals surface area contributed by atoms with E-state index in [9.17, 15) is 0 Å². The van der Waals surface area contributed by atoms with Gasteiger partial charge >= 0.3 is 0 Å². The molecule has 0 fully saturated rings. The van der Waals surface area contributed by atoms with Crippen LogP contribution in [0.3, 0.4) is 0 Å². The van der Waals surface area contributed by atoms with Crippen LogP contribution in [0.4, 0.5) is 0 Å². The number of imidazole rings is 2. The van der Waals surface area contributed by atoms with E-state index in [1.165, 1.54) is 60.6 Å². The minimum Gasteiger partial charge on any atom is -0.333 e. The van der Waals surface area contributed by atoms with Crippen molar-refractivity contribution in [1.82, 2.24) is 19.1 Å². The van der Waals surface area contributed by atoms with Crippen LogP contribution >= 0.6 is 0 Å². The van der Waals surface area contributed by atoms with Gasteiger partial charge in [-0.1, -0.05) is 182 Å². The summed E-state index contributed by atoms with van der Waals surface area (Å²) in [5.41, 5.74) is 16.2. The van der Waals surface area contributed by atoms with E-state index in [-0.39, 0.29) is 25.7 Å². The molecule has 0 N–H and O–H groups in total. The van der Waals surface area contributed by atoms with Crippen molar-refractivity contribution in [2.45, 2.75) is 85.9 Å². The van der Waals surface area contributed by atoms with E-state index in [1.807, 2.05) is 24.3 Å². The van der Waals surface area contributed by atoms with Gasteiger partial charge < -0.3 is 9.13 Å². The first-order chi connectivity index (χ1) is 34.7. The third kappa shape index (κ3) is 9.05. The number of fused-ring (bicyclic) bond motifs is 5. The van der Waals surface area contributed by atoms with Gasteiger partial charge in [0.1, 0.15) is 0 Å². The summed E-state index contributed by atoms with van der Waals surface area (Å²) in [6.45, 7) is 15.9. The number of hydrogen-bond donors (Lipinski definition) is 0. The smallest absolute Gasteiger partial charge is 0.0774 e. The first kappa shape index (κ1) is 44.3. The molecule has 1 radical (unpaired) electrons. The average Bonchev–Trinajstić information content (AvgIpc) is 3.97. The van der Waals surface area contributed by atoms with Crippen molar-refractivity contribution >= 4 is 43.6 Å². The summed E-state index contributed by atoms with van der Waals surface area (Å²) >= 11 is 0.